The van der Waals surface area contributed by atoms with Gasteiger partial charge in [0.05, 0.1) is 18.9 Å². The molecule has 0 unspecified atom stereocenters. The molecule has 3 N–H and O–H groups in total. The number of hydrogen-bond donors (Lipinski definition) is 2. The summed E-state index contributed by atoms with van der Waals surface area (Å²) in [5, 5.41) is 8.83. The number of alkyl halides is 3. The fourth-order valence-electron chi connectivity index (χ4n) is 1.48. The monoisotopic (exact) mass is 279 g/mol. The molecule has 0 aliphatic heterocycles. The number of hydrogen-bond acceptors (Lipinski definition) is 5. The topological polar surface area (TPSA) is 71.6 Å². The first kappa shape index (κ1) is 15.4. The number of aliphatic hydroxyl groups is 1. The van der Waals surface area contributed by atoms with Crippen molar-refractivity contribution in [3.05, 3.63) is 12.1 Å². The number of pyridine rings is 1. The molecule has 1 aromatic heterocycles. The maximum atomic E-state index is 12.4. The lowest BCUT2D eigenvalue weighted by Crippen LogP contribution is -2.36. The van der Waals surface area contributed by atoms with Crippen LogP contribution in [0.1, 0.15) is 6.92 Å². The maximum Gasteiger partial charge on any atom is 0.405 e. The molecule has 0 aromatic carbocycles. The zero-order valence-corrected chi connectivity index (χ0v) is 10.4. The van der Waals surface area contributed by atoms with Gasteiger partial charge in [0.1, 0.15) is 12.4 Å². The van der Waals surface area contributed by atoms with E-state index in [-0.39, 0.29) is 23.9 Å². The van der Waals surface area contributed by atoms with Gasteiger partial charge in [-0.25, -0.2) is 0 Å². The Labute approximate surface area is 108 Å². The number of nitrogens with two attached hydrogens (primary N) is 1. The zero-order chi connectivity index (χ0) is 14.5. The van der Waals surface area contributed by atoms with Gasteiger partial charge in [-0.2, -0.15) is 18.2 Å². The van der Waals surface area contributed by atoms with E-state index in [2.05, 4.69) is 4.98 Å². The Hall–Kier alpha value is -1.70. The molecule has 0 spiro atoms. The van der Waals surface area contributed by atoms with Crippen molar-refractivity contribution in [3.8, 4) is 5.88 Å². The third kappa shape index (κ3) is 4.82. The van der Waals surface area contributed by atoms with Gasteiger partial charge in [0.25, 0.3) is 0 Å². The van der Waals surface area contributed by atoms with Gasteiger partial charge in [0.2, 0.25) is 5.88 Å². The van der Waals surface area contributed by atoms with E-state index in [1.54, 1.807) is 6.92 Å². The van der Waals surface area contributed by atoms with E-state index in [1.165, 1.54) is 12.1 Å². The average Bonchev–Trinajstić information content (AvgIpc) is 2.30. The highest BCUT2D eigenvalue weighted by atomic mass is 19.4. The molecule has 0 aliphatic rings. The number of rotatable bonds is 6. The Morgan fingerprint density at radius 3 is 2.63 bits per heavy atom. The second-order valence-electron chi connectivity index (χ2n) is 3.76. The lowest BCUT2D eigenvalue weighted by Gasteiger charge is -2.24. The van der Waals surface area contributed by atoms with E-state index in [1.807, 2.05) is 0 Å². The quantitative estimate of drug-likeness (QED) is 0.824. The summed E-state index contributed by atoms with van der Waals surface area (Å²) < 4.78 is 42.4. The highest BCUT2D eigenvalue weighted by Gasteiger charge is 2.31. The lowest BCUT2D eigenvalue weighted by atomic mass is 10.3. The van der Waals surface area contributed by atoms with Crippen LogP contribution in [0.2, 0.25) is 0 Å². The number of aliphatic hydroxyl groups excluding tert-OH is 1. The van der Waals surface area contributed by atoms with Gasteiger partial charge in [-0.05, 0) is 19.1 Å². The molecule has 1 heterocycles. The molecule has 108 valence electrons. The molecule has 1 aromatic rings. The summed E-state index contributed by atoms with van der Waals surface area (Å²) in [6, 6.07) is 2.79. The van der Waals surface area contributed by atoms with Crippen LogP contribution in [-0.4, -0.2) is 42.6 Å². The number of halogens is 3. The fourth-order valence-corrected chi connectivity index (χ4v) is 1.48. The number of anilines is 2. The van der Waals surface area contributed by atoms with Crippen LogP contribution in [-0.2, 0) is 0 Å². The van der Waals surface area contributed by atoms with Crippen LogP contribution in [0.25, 0.3) is 0 Å². The molecule has 0 atom stereocenters. The summed E-state index contributed by atoms with van der Waals surface area (Å²) in [6.07, 6.45) is -4.38. The molecular formula is C11H16F3N3O2. The first-order valence-electron chi connectivity index (χ1n) is 5.69. The third-order valence-corrected chi connectivity index (χ3v) is 2.22. The number of nitrogen functional groups attached to an aromatic ring is 1. The Morgan fingerprint density at radius 2 is 2.11 bits per heavy atom. The van der Waals surface area contributed by atoms with E-state index in [0.717, 1.165) is 4.90 Å². The molecule has 0 amide bonds. The lowest BCUT2D eigenvalue weighted by molar-refractivity contribution is -0.120. The van der Waals surface area contributed by atoms with E-state index in [0.29, 0.717) is 6.61 Å². The van der Waals surface area contributed by atoms with Gasteiger partial charge in [0.15, 0.2) is 0 Å². The molecule has 5 nitrogen and oxygen atoms in total. The molecule has 0 saturated carbocycles. The normalized spacial score (nSPS) is 11.4. The number of aromatic nitrogens is 1. The van der Waals surface area contributed by atoms with Crippen LogP contribution in [0.5, 0.6) is 5.88 Å². The molecule has 0 aliphatic carbocycles. The van der Waals surface area contributed by atoms with Gasteiger partial charge in [-0.15, -0.1) is 0 Å². The second-order valence-corrected chi connectivity index (χ2v) is 3.76. The van der Waals surface area contributed by atoms with Gasteiger partial charge in [0, 0.05) is 6.54 Å². The maximum absolute atomic E-state index is 12.4. The van der Waals surface area contributed by atoms with Gasteiger partial charge in [-0.1, -0.05) is 0 Å². The van der Waals surface area contributed by atoms with Crippen molar-refractivity contribution < 1.29 is 23.0 Å². The highest BCUT2D eigenvalue weighted by Crippen LogP contribution is 2.25. The van der Waals surface area contributed by atoms with E-state index in [9.17, 15) is 13.2 Å². The molecule has 0 radical (unpaired) electrons. The number of ether oxygens (including phenoxy) is 1. The van der Waals surface area contributed by atoms with Crippen molar-refractivity contribution in [1.82, 2.24) is 4.98 Å². The summed E-state index contributed by atoms with van der Waals surface area (Å²) in [7, 11) is 0. The summed E-state index contributed by atoms with van der Waals surface area (Å²) >= 11 is 0. The molecule has 8 heteroatoms. The van der Waals surface area contributed by atoms with Crippen LogP contribution in [0.3, 0.4) is 0 Å². The van der Waals surface area contributed by atoms with Crippen LogP contribution in [0, 0.1) is 0 Å². The first-order chi connectivity index (χ1) is 8.87. The zero-order valence-electron chi connectivity index (χ0n) is 10.4. The predicted octanol–water partition coefficient (Wildman–Crippen LogP) is 1.42. The molecule has 0 bridgehead atoms. The Kier molecular flexibility index (Phi) is 5.22. The van der Waals surface area contributed by atoms with Crippen molar-refractivity contribution >= 4 is 11.5 Å². The minimum Gasteiger partial charge on any atom is -0.476 e. The standard InChI is InChI=1S/C11H16F3N3O2/c1-2-19-10-8(15)3-4-9(16-10)17(5-6-18)7-11(12,13)14/h3-4,18H,2,5-7,15H2,1H3. The Morgan fingerprint density at radius 1 is 1.42 bits per heavy atom. The molecule has 0 fully saturated rings. The molecule has 0 saturated heterocycles. The summed E-state index contributed by atoms with van der Waals surface area (Å²) in [5.74, 6) is 0.147. The largest absolute Gasteiger partial charge is 0.476 e. The molecular weight excluding hydrogens is 263 g/mol. The van der Waals surface area contributed by atoms with E-state index in [4.69, 9.17) is 15.6 Å². The van der Waals surface area contributed by atoms with Crippen molar-refractivity contribution in [2.75, 3.05) is 36.9 Å². The third-order valence-electron chi connectivity index (χ3n) is 2.22. The van der Waals surface area contributed by atoms with Crippen molar-refractivity contribution in [2.24, 2.45) is 0 Å². The Balaban J connectivity index is 2.98. The van der Waals surface area contributed by atoms with Crippen LogP contribution < -0.4 is 15.4 Å². The van der Waals surface area contributed by atoms with E-state index >= 15 is 0 Å². The van der Waals surface area contributed by atoms with Gasteiger partial charge in [-0.3, -0.25) is 0 Å². The second kappa shape index (κ2) is 6.46. The van der Waals surface area contributed by atoms with Gasteiger partial charge < -0.3 is 20.5 Å². The van der Waals surface area contributed by atoms with E-state index < -0.39 is 19.3 Å². The Bertz CT molecular complexity index is 413. The minimum absolute atomic E-state index is 0.0593. The van der Waals surface area contributed by atoms with Crippen molar-refractivity contribution in [1.29, 1.82) is 0 Å². The minimum atomic E-state index is -4.38. The highest BCUT2D eigenvalue weighted by molar-refractivity contribution is 5.54. The molecule has 1 rings (SSSR count). The predicted molar refractivity (Wildman–Crippen MR) is 65.2 cm³/mol. The summed E-state index contributed by atoms with van der Waals surface area (Å²) in [4.78, 5) is 4.85. The average molecular weight is 279 g/mol. The fraction of sp³-hybridized carbons (Fsp3) is 0.545. The van der Waals surface area contributed by atoms with Crippen molar-refractivity contribution in [2.45, 2.75) is 13.1 Å². The van der Waals surface area contributed by atoms with Crippen LogP contribution in [0.15, 0.2) is 12.1 Å². The summed E-state index contributed by atoms with van der Waals surface area (Å²) in [6.45, 7) is 0.235. The smallest absolute Gasteiger partial charge is 0.405 e. The SMILES string of the molecule is CCOc1nc(N(CCO)CC(F)(F)F)ccc1N. The van der Waals surface area contributed by atoms with Crippen LogP contribution in [0.4, 0.5) is 24.7 Å². The van der Waals surface area contributed by atoms with Crippen molar-refractivity contribution in [3.63, 3.8) is 0 Å². The van der Waals surface area contributed by atoms with Gasteiger partial charge >= 0.3 is 6.18 Å². The van der Waals surface area contributed by atoms with Crippen LogP contribution >= 0.6 is 0 Å². The first-order valence-corrected chi connectivity index (χ1v) is 5.69. The number of nitrogens with zero attached hydrogens (tertiary/aromatic N) is 2. The molecule has 19 heavy (non-hydrogen) atoms. The summed E-state index contributed by atoms with van der Waals surface area (Å²) in [5.41, 5.74) is 5.85.